The lowest BCUT2D eigenvalue weighted by molar-refractivity contribution is 0.632. The van der Waals surface area contributed by atoms with E-state index in [1.807, 2.05) is 18.2 Å². The van der Waals surface area contributed by atoms with Gasteiger partial charge in [0.1, 0.15) is 11.3 Å². The molecule has 9 rings (SSSR count). The standard InChI is InChI=1S/C50H35NO/c1-3-11-36(12-4-1)38-19-21-39(22-20-38)41-25-31-45(32-26-41)51(44-29-23-40(24-30-44)37-13-5-2-6-14-37)46-33-27-42(28-34-46)47-16-8-9-17-48(47)50-35-43-15-7-10-18-49(43)52-50/h1-35H. The molecule has 1 heterocycles. The van der Waals surface area contributed by atoms with Gasteiger partial charge in [-0.05, 0) is 93.0 Å². The first-order chi connectivity index (χ1) is 25.8. The van der Waals surface area contributed by atoms with Crippen LogP contribution in [0.2, 0.25) is 0 Å². The maximum Gasteiger partial charge on any atom is 0.136 e. The summed E-state index contributed by atoms with van der Waals surface area (Å²) in [6.45, 7) is 0. The van der Waals surface area contributed by atoms with Crippen LogP contribution < -0.4 is 4.90 Å². The number of furan rings is 1. The maximum absolute atomic E-state index is 6.29. The Morgan fingerprint density at radius 3 is 1.13 bits per heavy atom. The van der Waals surface area contributed by atoms with Gasteiger partial charge in [0.25, 0.3) is 0 Å². The smallest absolute Gasteiger partial charge is 0.136 e. The third-order valence-electron chi connectivity index (χ3n) is 9.74. The molecule has 0 unspecified atom stereocenters. The van der Waals surface area contributed by atoms with E-state index in [1.54, 1.807) is 0 Å². The Balaban J connectivity index is 1.06. The number of benzene rings is 8. The first kappa shape index (κ1) is 31.1. The fraction of sp³-hybridized carbons (Fsp3) is 0. The van der Waals surface area contributed by atoms with Crippen LogP contribution in [0.3, 0.4) is 0 Å². The zero-order valence-electron chi connectivity index (χ0n) is 28.6. The monoisotopic (exact) mass is 665 g/mol. The van der Waals surface area contributed by atoms with Crippen LogP contribution in [0, 0.1) is 0 Å². The molecule has 2 heteroatoms. The summed E-state index contributed by atoms with van der Waals surface area (Å²) >= 11 is 0. The molecule has 0 saturated carbocycles. The van der Waals surface area contributed by atoms with E-state index in [-0.39, 0.29) is 0 Å². The number of rotatable bonds is 8. The summed E-state index contributed by atoms with van der Waals surface area (Å²) in [6, 6.07) is 75.2. The molecule has 246 valence electrons. The van der Waals surface area contributed by atoms with E-state index in [1.165, 1.54) is 33.4 Å². The molecular formula is C50H35NO. The van der Waals surface area contributed by atoms with Gasteiger partial charge in [0.05, 0.1) is 0 Å². The van der Waals surface area contributed by atoms with Crippen LogP contribution in [-0.4, -0.2) is 0 Å². The van der Waals surface area contributed by atoms with Gasteiger partial charge in [-0.25, -0.2) is 0 Å². The Hall–Kier alpha value is -6.90. The van der Waals surface area contributed by atoms with E-state index in [0.29, 0.717) is 0 Å². The molecule has 0 fully saturated rings. The highest BCUT2D eigenvalue weighted by atomic mass is 16.3. The lowest BCUT2D eigenvalue weighted by atomic mass is 9.97. The number of fused-ring (bicyclic) bond motifs is 1. The predicted molar refractivity (Wildman–Crippen MR) is 218 cm³/mol. The number of hydrogen-bond donors (Lipinski definition) is 0. The normalized spacial score (nSPS) is 11.1. The quantitative estimate of drug-likeness (QED) is 0.161. The van der Waals surface area contributed by atoms with Gasteiger partial charge in [-0.15, -0.1) is 0 Å². The molecule has 8 aromatic carbocycles. The SMILES string of the molecule is c1ccc(-c2ccc(-c3ccc(N(c4ccc(-c5ccccc5)cc4)c4ccc(-c5ccccc5-c5cc6ccccc6o5)cc4)cc3)cc2)cc1. The highest BCUT2D eigenvalue weighted by Gasteiger charge is 2.16. The second-order valence-corrected chi connectivity index (χ2v) is 13.0. The molecule has 0 radical (unpaired) electrons. The van der Waals surface area contributed by atoms with Crippen LogP contribution in [0.4, 0.5) is 17.1 Å². The molecule has 9 aromatic rings. The highest BCUT2D eigenvalue weighted by Crippen LogP contribution is 2.40. The predicted octanol–water partition coefficient (Wildman–Crippen LogP) is 14.2. The van der Waals surface area contributed by atoms with E-state index in [2.05, 4.69) is 199 Å². The van der Waals surface area contributed by atoms with Crippen molar-refractivity contribution < 1.29 is 4.42 Å². The summed E-state index contributed by atoms with van der Waals surface area (Å²) in [5.74, 6) is 0.871. The average Bonchev–Trinajstić information content (AvgIpc) is 3.67. The Bertz CT molecular complexity index is 2530. The second-order valence-electron chi connectivity index (χ2n) is 13.0. The van der Waals surface area contributed by atoms with E-state index in [4.69, 9.17) is 4.42 Å². The molecule has 0 aliphatic heterocycles. The Kier molecular flexibility index (Phi) is 8.24. The van der Waals surface area contributed by atoms with Gasteiger partial charge in [0, 0.05) is 28.0 Å². The zero-order chi connectivity index (χ0) is 34.7. The van der Waals surface area contributed by atoms with Crippen LogP contribution in [0.1, 0.15) is 0 Å². The number of nitrogens with zero attached hydrogens (tertiary/aromatic N) is 1. The first-order valence-corrected chi connectivity index (χ1v) is 17.7. The fourth-order valence-corrected chi connectivity index (χ4v) is 7.02. The van der Waals surface area contributed by atoms with Gasteiger partial charge < -0.3 is 9.32 Å². The number of para-hydroxylation sites is 1. The van der Waals surface area contributed by atoms with Gasteiger partial charge in [-0.3, -0.25) is 0 Å². The maximum atomic E-state index is 6.29. The van der Waals surface area contributed by atoms with E-state index < -0.39 is 0 Å². The van der Waals surface area contributed by atoms with Crippen LogP contribution in [-0.2, 0) is 0 Å². The lowest BCUT2D eigenvalue weighted by Gasteiger charge is -2.26. The molecule has 0 aliphatic rings. The van der Waals surface area contributed by atoms with Gasteiger partial charge in [0.2, 0.25) is 0 Å². The molecule has 1 aromatic heterocycles. The Labute approximate surface area is 304 Å². The molecule has 0 spiro atoms. The minimum absolute atomic E-state index is 0.871. The van der Waals surface area contributed by atoms with Crippen molar-refractivity contribution in [2.75, 3.05) is 4.90 Å². The molecule has 0 aliphatic carbocycles. The van der Waals surface area contributed by atoms with Crippen molar-refractivity contribution in [1.82, 2.24) is 0 Å². The Morgan fingerprint density at radius 2 is 0.654 bits per heavy atom. The molecule has 0 atom stereocenters. The highest BCUT2D eigenvalue weighted by molar-refractivity contribution is 5.89. The summed E-state index contributed by atoms with van der Waals surface area (Å²) < 4.78 is 6.29. The first-order valence-electron chi connectivity index (χ1n) is 17.7. The minimum atomic E-state index is 0.871. The summed E-state index contributed by atoms with van der Waals surface area (Å²) in [5.41, 5.74) is 14.7. The van der Waals surface area contributed by atoms with Crippen molar-refractivity contribution in [2.24, 2.45) is 0 Å². The van der Waals surface area contributed by atoms with E-state index in [9.17, 15) is 0 Å². The largest absolute Gasteiger partial charge is 0.456 e. The average molecular weight is 666 g/mol. The second kappa shape index (κ2) is 13.8. The van der Waals surface area contributed by atoms with Crippen LogP contribution in [0.25, 0.3) is 66.8 Å². The minimum Gasteiger partial charge on any atom is -0.456 e. The number of anilines is 3. The van der Waals surface area contributed by atoms with Crippen molar-refractivity contribution in [3.8, 4) is 55.8 Å². The van der Waals surface area contributed by atoms with Crippen molar-refractivity contribution in [1.29, 1.82) is 0 Å². The molecule has 0 bridgehead atoms. The van der Waals surface area contributed by atoms with Crippen LogP contribution in [0.15, 0.2) is 217 Å². The van der Waals surface area contributed by atoms with E-state index in [0.717, 1.165) is 50.5 Å². The molecule has 0 N–H and O–H groups in total. The topological polar surface area (TPSA) is 16.4 Å². The van der Waals surface area contributed by atoms with Crippen molar-refractivity contribution in [3.05, 3.63) is 212 Å². The lowest BCUT2D eigenvalue weighted by Crippen LogP contribution is -2.09. The third-order valence-corrected chi connectivity index (χ3v) is 9.74. The third kappa shape index (κ3) is 6.19. The van der Waals surface area contributed by atoms with Crippen molar-refractivity contribution >= 4 is 28.0 Å². The van der Waals surface area contributed by atoms with Crippen molar-refractivity contribution in [2.45, 2.75) is 0 Å². The molecular weight excluding hydrogens is 631 g/mol. The van der Waals surface area contributed by atoms with Crippen LogP contribution in [0.5, 0.6) is 0 Å². The summed E-state index contributed by atoms with van der Waals surface area (Å²) in [6.07, 6.45) is 0. The molecule has 0 saturated heterocycles. The van der Waals surface area contributed by atoms with Crippen molar-refractivity contribution in [3.63, 3.8) is 0 Å². The molecule has 2 nitrogen and oxygen atoms in total. The number of hydrogen-bond acceptors (Lipinski definition) is 2. The van der Waals surface area contributed by atoms with E-state index >= 15 is 0 Å². The summed E-state index contributed by atoms with van der Waals surface area (Å²) in [5, 5.41) is 1.10. The van der Waals surface area contributed by atoms with Gasteiger partial charge in [-0.2, -0.15) is 0 Å². The van der Waals surface area contributed by atoms with Gasteiger partial charge >= 0.3 is 0 Å². The fourth-order valence-electron chi connectivity index (χ4n) is 7.02. The summed E-state index contributed by atoms with van der Waals surface area (Å²) in [4.78, 5) is 2.33. The van der Waals surface area contributed by atoms with Gasteiger partial charge in [-0.1, -0.05) is 164 Å². The molecule has 52 heavy (non-hydrogen) atoms. The molecule has 0 amide bonds. The van der Waals surface area contributed by atoms with Crippen LogP contribution >= 0.6 is 0 Å². The summed E-state index contributed by atoms with van der Waals surface area (Å²) in [7, 11) is 0. The Morgan fingerprint density at radius 1 is 0.288 bits per heavy atom. The van der Waals surface area contributed by atoms with Gasteiger partial charge in [0.15, 0.2) is 0 Å². The zero-order valence-corrected chi connectivity index (χ0v) is 28.6.